The Bertz CT molecular complexity index is 722. The van der Waals surface area contributed by atoms with Crippen molar-refractivity contribution in [2.75, 3.05) is 19.6 Å². The molecule has 2 aromatic rings. The number of benzene rings is 1. The lowest BCUT2D eigenvalue weighted by Gasteiger charge is -2.28. The largest absolute Gasteiger partial charge is 0.333 e. The summed E-state index contributed by atoms with van der Waals surface area (Å²) in [4.78, 5) is 17.4. The van der Waals surface area contributed by atoms with Crippen molar-refractivity contribution in [2.24, 2.45) is 0 Å². The third-order valence-electron chi connectivity index (χ3n) is 5.27. The summed E-state index contributed by atoms with van der Waals surface area (Å²) in [5, 5.41) is 7.33. The third-order valence-corrected chi connectivity index (χ3v) is 5.27. The van der Waals surface area contributed by atoms with E-state index in [1.54, 1.807) is 0 Å². The van der Waals surface area contributed by atoms with Crippen LogP contribution in [0.15, 0.2) is 36.4 Å². The van der Waals surface area contributed by atoms with Crippen molar-refractivity contribution in [2.45, 2.75) is 44.7 Å². The molecule has 1 saturated carbocycles. The minimum atomic E-state index is 0.0669. The first-order valence-corrected chi connectivity index (χ1v) is 9.33. The number of aromatic amines is 1. The molecular weight excluding hydrogens is 312 g/mol. The number of H-pyrrole nitrogens is 1. The van der Waals surface area contributed by atoms with Crippen LogP contribution in [0, 0.1) is 0 Å². The monoisotopic (exact) mass is 338 g/mol. The van der Waals surface area contributed by atoms with Gasteiger partial charge in [-0.1, -0.05) is 30.3 Å². The van der Waals surface area contributed by atoms with Crippen LogP contribution in [-0.2, 0) is 6.54 Å². The van der Waals surface area contributed by atoms with Gasteiger partial charge in [-0.05, 0) is 37.8 Å². The quantitative estimate of drug-likeness (QED) is 0.932. The van der Waals surface area contributed by atoms with E-state index in [0.717, 1.165) is 38.3 Å². The number of nitrogens with one attached hydrogen (secondary N) is 1. The highest BCUT2D eigenvalue weighted by atomic mass is 16.2. The molecule has 1 aromatic carbocycles. The van der Waals surface area contributed by atoms with Gasteiger partial charge in [0.05, 0.1) is 0 Å². The van der Waals surface area contributed by atoms with E-state index in [9.17, 15) is 4.79 Å². The average Bonchev–Trinajstić information content (AvgIpc) is 3.38. The maximum Gasteiger partial charge on any atom is 0.274 e. The molecule has 1 amide bonds. The summed E-state index contributed by atoms with van der Waals surface area (Å²) in [5.74, 6) is 0.661. The summed E-state index contributed by atoms with van der Waals surface area (Å²) in [6, 6.07) is 12.7. The van der Waals surface area contributed by atoms with E-state index in [4.69, 9.17) is 0 Å². The predicted molar refractivity (Wildman–Crippen MR) is 97.4 cm³/mol. The maximum atomic E-state index is 12.9. The summed E-state index contributed by atoms with van der Waals surface area (Å²) in [6.07, 6.45) is 3.43. The number of carbonyl (C=O) groups excluding carboxylic acids is 1. The first-order chi connectivity index (χ1) is 12.2. The predicted octanol–water partition coefficient (Wildman–Crippen LogP) is 3.02. The smallest absolute Gasteiger partial charge is 0.274 e. The summed E-state index contributed by atoms with van der Waals surface area (Å²) in [7, 11) is 0. The average molecular weight is 338 g/mol. The Morgan fingerprint density at radius 2 is 2.04 bits per heavy atom. The first-order valence-electron chi connectivity index (χ1n) is 9.33. The molecule has 5 heteroatoms. The van der Waals surface area contributed by atoms with Gasteiger partial charge >= 0.3 is 0 Å². The molecule has 132 valence electrons. The molecule has 25 heavy (non-hydrogen) atoms. The highest BCUT2D eigenvalue weighted by Crippen LogP contribution is 2.39. The van der Waals surface area contributed by atoms with Crippen LogP contribution in [0.2, 0.25) is 0 Å². The van der Waals surface area contributed by atoms with Crippen molar-refractivity contribution in [3.05, 3.63) is 53.3 Å². The van der Waals surface area contributed by atoms with Crippen LogP contribution in [0.4, 0.5) is 0 Å². The molecule has 2 aliphatic rings. The van der Waals surface area contributed by atoms with Crippen LogP contribution in [0.25, 0.3) is 0 Å². The van der Waals surface area contributed by atoms with Gasteiger partial charge in [0.15, 0.2) is 0 Å². The van der Waals surface area contributed by atoms with E-state index < -0.39 is 0 Å². The normalized spacial score (nSPS) is 22.0. The lowest BCUT2D eigenvalue weighted by atomic mass is 10.2. The second-order valence-corrected chi connectivity index (χ2v) is 7.40. The lowest BCUT2D eigenvalue weighted by Crippen LogP contribution is -2.42. The Hall–Kier alpha value is -2.14. The lowest BCUT2D eigenvalue weighted by molar-refractivity contribution is 0.0685. The minimum absolute atomic E-state index is 0.0669. The molecule has 1 aliphatic carbocycles. The standard InChI is InChI=1S/C20H26N4O/c1-15-13-23(14-16-6-3-2-4-7-16)10-5-11-24(15)20(25)19-12-18(21-22-19)17-8-9-17/h2-4,6-7,12,15,17H,5,8-11,13-14H2,1H3,(H,21,22)/t15-/m1/s1. The number of rotatable bonds is 4. The van der Waals surface area contributed by atoms with E-state index in [-0.39, 0.29) is 11.9 Å². The van der Waals surface area contributed by atoms with E-state index in [1.165, 1.54) is 18.4 Å². The van der Waals surface area contributed by atoms with E-state index in [2.05, 4.69) is 52.4 Å². The van der Waals surface area contributed by atoms with E-state index in [0.29, 0.717) is 11.6 Å². The number of carbonyl (C=O) groups is 1. The fraction of sp³-hybridized carbons (Fsp3) is 0.500. The van der Waals surface area contributed by atoms with Gasteiger partial charge in [0.1, 0.15) is 5.69 Å². The van der Waals surface area contributed by atoms with Crippen LogP contribution in [0.3, 0.4) is 0 Å². The molecular formula is C20H26N4O. The molecule has 1 aromatic heterocycles. The molecule has 2 heterocycles. The maximum absolute atomic E-state index is 12.9. The molecule has 0 bridgehead atoms. The zero-order chi connectivity index (χ0) is 17.2. The summed E-state index contributed by atoms with van der Waals surface area (Å²) in [6.45, 7) is 5.82. The number of amides is 1. The van der Waals surface area contributed by atoms with Crippen molar-refractivity contribution in [3.8, 4) is 0 Å². The van der Waals surface area contributed by atoms with Gasteiger partial charge in [0, 0.05) is 43.8 Å². The zero-order valence-electron chi connectivity index (χ0n) is 14.8. The zero-order valence-corrected chi connectivity index (χ0v) is 14.8. The number of aromatic nitrogens is 2. The molecule has 0 radical (unpaired) electrons. The molecule has 1 aliphatic heterocycles. The molecule has 1 N–H and O–H groups in total. The molecule has 5 nitrogen and oxygen atoms in total. The Balaban J connectivity index is 1.41. The van der Waals surface area contributed by atoms with Gasteiger partial charge in [-0.25, -0.2) is 0 Å². The van der Waals surface area contributed by atoms with Crippen molar-refractivity contribution in [3.63, 3.8) is 0 Å². The van der Waals surface area contributed by atoms with E-state index in [1.807, 2.05) is 11.0 Å². The topological polar surface area (TPSA) is 52.2 Å². The van der Waals surface area contributed by atoms with Gasteiger partial charge in [0.25, 0.3) is 5.91 Å². The van der Waals surface area contributed by atoms with Crippen LogP contribution in [0.1, 0.15) is 53.8 Å². The van der Waals surface area contributed by atoms with Crippen molar-refractivity contribution in [1.29, 1.82) is 0 Å². The Labute approximate surface area is 149 Å². The highest BCUT2D eigenvalue weighted by Gasteiger charge is 2.30. The number of hydrogen-bond donors (Lipinski definition) is 1. The number of nitrogens with zero attached hydrogens (tertiary/aromatic N) is 3. The molecule has 2 fully saturated rings. The van der Waals surface area contributed by atoms with Crippen molar-refractivity contribution in [1.82, 2.24) is 20.0 Å². The van der Waals surface area contributed by atoms with Crippen LogP contribution >= 0.6 is 0 Å². The Morgan fingerprint density at radius 1 is 1.24 bits per heavy atom. The van der Waals surface area contributed by atoms with Gasteiger partial charge in [-0.15, -0.1) is 0 Å². The third kappa shape index (κ3) is 3.76. The Morgan fingerprint density at radius 3 is 2.80 bits per heavy atom. The van der Waals surface area contributed by atoms with E-state index >= 15 is 0 Å². The molecule has 0 spiro atoms. The first kappa shape index (κ1) is 16.3. The molecule has 1 atom stereocenters. The van der Waals surface area contributed by atoms with Crippen molar-refractivity contribution < 1.29 is 4.79 Å². The van der Waals surface area contributed by atoms with Gasteiger partial charge in [0.2, 0.25) is 0 Å². The van der Waals surface area contributed by atoms with Crippen LogP contribution < -0.4 is 0 Å². The molecule has 4 rings (SSSR count). The minimum Gasteiger partial charge on any atom is -0.333 e. The molecule has 0 unspecified atom stereocenters. The van der Waals surface area contributed by atoms with Crippen LogP contribution in [-0.4, -0.2) is 51.6 Å². The summed E-state index contributed by atoms with van der Waals surface area (Å²) in [5.41, 5.74) is 3.03. The number of hydrogen-bond acceptors (Lipinski definition) is 3. The fourth-order valence-corrected chi connectivity index (χ4v) is 3.73. The summed E-state index contributed by atoms with van der Waals surface area (Å²) < 4.78 is 0. The second-order valence-electron chi connectivity index (χ2n) is 7.40. The summed E-state index contributed by atoms with van der Waals surface area (Å²) >= 11 is 0. The van der Waals surface area contributed by atoms with Gasteiger partial charge in [-0.3, -0.25) is 14.8 Å². The highest BCUT2D eigenvalue weighted by molar-refractivity contribution is 5.92. The van der Waals surface area contributed by atoms with Gasteiger partial charge < -0.3 is 4.90 Å². The Kier molecular flexibility index (Phi) is 4.57. The fourth-order valence-electron chi connectivity index (χ4n) is 3.73. The SMILES string of the molecule is C[C@@H]1CN(Cc2ccccc2)CCCN1C(=O)c1cc(C2CC2)[nH]n1. The van der Waals surface area contributed by atoms with Gasteiger partial charge in [-0.2, -0.15) is 5.10 Å². The molecule has 1 saturated heterocycles. The van der Waals surface area contributed by atoms with Crippen LogP contribution in [0.5, 0.6) is 0 Å². The van der Waals surface area contributed by atoms with Crippen molar-refractivity contribution >= 4 is 5.91 Å². The second kappa shape index (κ2) is 7.00.